The quantitative estimate of drug-likeness (QED) is 0.155. The fraction of sp³-hybridized carbons (Fsp3) is 0. The van der Waals surface area contributed by atoms with Gasteiger partial charge >= 0.3 is 0 Å². The molecule has 10 aromatic rings. The van der Waals surface area contributed by atoms with Crippen LogP contribution in [0.2, 0.25) is 0 Å². The molecule has 0 nitrogen and oxygen atoms in total. The highest BCUT2D eigenvalue weighted by Gasteiger charge is 2.18. The Morgan fingerprint density at radius 2 is 0.675 bits per heavy atom. The lowest BCUT2D eigenvalue weighted by Crippen LogP contribution is -1.91. The average molecular weight is 503 g/mol. The van der Waals surface area contributed by atoms with Gasteiger partial charge in [-0.3, -0.25) is 0 Å². The molecule has 10 aromatic carbocycles. The first-order valence-electron chi connectivity index (χ1n) is 14.0. The van der Waals surface area contributed by atoms with Gasteiger partial charge in [-0.1, -0.05) is 121 Å². The summed E-state index contributed by atoms with van der Waals surface area (Å²) in [5.41, 5.74) is 2.58. The topological polar surface area (TPSA) is 0 Å². The van der Waals surface area contributed by atoms with Gasteiger partial charge in [0, 0.05) is 0 Å². The summed E-state index contributed by atoms with van der Waals surface area (Å²) in [6, 6.07) is 50.1. The van der Waals surface area contributed by atoms with Crippen LogP contribution in [0.5, 0.6) is 0 Å². The first kappa shape index (κ1) is 20.7. The molecule has 0 heteroatoms. The van der Waals surface area contributed by atoms with Gasteiger partial charge in [-0.05, 0) is 109 Å². The van der Waals surface area contributed by atoms with E-state index in [9.17, 15) is 0 Å². The van der Waals surface area contributed by atoms with Gasteiger partial charge in [0.2, 0.25) is 0 Å². The summed E-state index contributed by atoms with van der Waals surface area (Å²) in [4.78, 5) is 0. The monoisotopic (exact) mass is 502 g/mol. The maximum Gasteiger partial charge on any atom is -0.00141 e. The van der Waals surface area contributed by atoms with Crippen molar-refractivity contribution in [3.8, 4) is 11.1 Å². The summed E-state index contributed by atoms with van der Waals surface area (Å²) < 4.78 is 0. The van der Waals surface area contributed by atoms with E-state index in [0.717, 1.165) is 0 Å². The van der Waals surface area contributed by atoms with E-state index in [4.69, 9.17) is 0 Å². The van der Waals surface area contributed by atoms with E-state index < -0.39 is 0 Å². The Balaban J connectivity index is 1.44. The SMILES string of the molecule is c1cc2cccc3c4cc(-c5ccc6cccc7c8cccc9cccc(c5c67)c98)cc5cccc(c(c1)c23)c54. The van der Waals surface area contributed by atoms with E-state index in [-0.39, 0.29) is 0 Å². The molecule has 0 N–H and O–H groups in total. The van der Waals surface area contributed by atoms with Crippen molar-refractivity contribution in [3.63, 3.8) is 0 Å². The third-order valence-corrected chi connectivity index (χ3v) is 9.28. The average Bonchev–Trinajstić information content (AvgIpc) is 3.01. The highest BCUT2D eigenvalue weighted by molar-refractivity contribution is 6.37. The summed E-state index contributed by atoms with van der Waals surface area (Å²) in [7, 11) is 0. The molecule has 0 saturated carbocycles. The molecule has 0 saturated heterocycles. The number of hydrogen-bond donors (Lipinski definition) is 0. The van der Waals surface area contributed by atoms with Crippen LogP contribution in [0.15, 0.2) is 133 Å². The molecule has 182 valence electrons. The molecule has 0 aliphatic carbocycles. The van der Waals surface area contributed by atoms with Crippen LogP contribution in [-0.4, -0.2) is 0 Å². The number of benzene rings is 10. The predicted molar refractivity (Wildman–Crippen MR) is 174 cm³/mol. The van der Waals surface area contributed by atoms with E-state index in [1.807, 2.05) is 0 Å². The molecule has 0 radical (unpaired) electrons. The molecule has 0 aliphatic heterocycles. The zero-order valence-corrected chi connectivity index (χ0v) is 21.7. The van der Waals surface area contributed by atoms with Gasteiger partial charge in [0.1, 0.15) is 0 Å². The Morgan fingerprint density at radius 1 is 0.250 bits per heavy atom. The fourth-order valence-corrected chi connectivity index (χ4v) is 7.71. The maximum atomic E-state index is 2.46. The van der Waals surface area contributed by atoms with Crippen molar-refractivity contribution in [2.24, 2.45) is 0 Å². The van der Waals surface area contributed by atoms with Crippen molar-refractivity contribution in [3.05, 3.63) is 133 Å². The van der Waals surface area contributed by atoms with E-state index in [2.05, 4.69) is 133 Å². The van der Waals surface area contributed by atoms with Gasteiger partial charge < -0.3 is 0 Å². The van der Waals surface area contributed by atoms with E-state index in [1.54, 1.807) is 0 Å². The minimum atomic E-state index is 1.28. The van der Waals surface area contributed by atoms with Crippen molar-refractivity contribution in [2.75, 3.05) is 0 Å². The molecule has 0 bridgehead atoms. The first-order valence-corrected chi connectivity index (χ1v) is 14.0. The minimum absolute atomic E-state index is 1.28. The maximum absolute atomic E-state index is 2.46. The van der Waals surface area contributed by atoms with Gasteiger partial charge in [0.15, 0.2) is 0 Å². The molecule has 0 aromatic heterocycles. The molecule has 0 unspecified atom stereocenters. The van der Waals surface area contributed by atoms with Crippen LogP contribution in [0.25, 0.3) is 97.3 Å². The predicted octanol–water partition coefficient (Wildman–Crippen LogP) is 11.5. The van der Waals surface area contributed by atoms with Crippen LogP contribution >= 0.6 is 0 Å². The molecular formula is C40H22. The molecule has 0 aliphatic rings. The number of rotatable bonds is 1. The Labute approximate surface area is 230 Å². The third kappa shape index (κ3) is 2.47. The van der Waals surface area contributed by atoms with Crippen LogP contribution in [0.4, 0.5) is 0 Å². The highest BCUT2D eigenvalue weighted by atomic mass is 14.2. The van der Waals surface area contributed by atoms with Gasteiger partial charge in [-0.2, -0.15) is 0 Å². The summed E-state index contributed by atoms with van der Waals surface area (Å²) in [5, 5.41) is 21.4. The molecule has 0 atom stereocenters. The lowest BCUT2D eigenvalue weighted by Gasteiger charge is -2.19. The van der Waals surface area contributed by atoms with Crippen LogP contribution in [0.1, 0.15) is 0 Å². The first-order chi connectivity index (χ1) is 19.8. The van der Waals surface area contributed by atoms with Crippen molar-refractivity contribution in [1.29, 1.82) is 0 Å². The van der Waals surface area contributed by atoms with Crippen LogP contribution < -0.4 is 0 Å². The summed E-state index contributed by atoms with van der Waals surface area (Å²) in [6.45, 7) is 0. The van der Waals surface area contributed by atoms with Gasteiger partial charge in [-0.15, -0.1) is 0 Å². The molecule has 0 spiro atoms. The third-order valence-electron chi connectivity index (χ3n) is 9.28. The van der Waals surface area contributed by atoms with Gasteiger partial charge in [0.25, 0.3) is 0 Å². The largest absolute Gasteiger partial charge is 0.0610 e. The molecule has 0 heterocycles. The van der Waals surface area contributed by atoms with Crippen LogP contribution in [0, 0.1) is 0 Å². The van der Waals surface area contributed by atoms with Crippen LogP contribution in [0.3, 0.4) is 0 Å². The zero-order valence-electron chi connectivity index (χ0n) is 21.7. The number of fused-ring (bicyclic) bond motifs is 4. The Hall–Kier alpha value is -5.20. The van der Waals surface area contributed by atoms with Gasteiger partial charge in [-0.25, -0.2) is 0 Å². The van der Waals surface area contributed by atoms with E-state index in [1.165, 1.54) is 97.3 Å². The second-order valence-corrected chi connectivity index (χ2v) is 11.2. The molecule has 10 rings (SSSR count). The van der Waals surface area contributed by atoms with Crippen LogP contribution in [-0.2, 0) is 0 Å². The van der Waals surface area contributed by atoms with Gasteiger partial charge in [0.05, 0.1) is 0 Å². The summed E-state index contributed by atoms with van der Waals surface area (Å²) in [5.74, 6) is 0. The van der Waals surface area contributed by atoms with Crippen molar-refractivity contribution in [1.82, 2.24) is 0 Å². The standard InChI is InChI=1S/C40H22/c1-7-23-8-3-17-33-35-22-27(21-26-12-6-15-30(38(26)35)29(13-1)36(23)33)28-20-19-25-11-4-16-32-31-14-2-9-24-10-5-18-34(37(24)31)40(28)39(25)32/h1-22H. The van der Waals surface area contributed by atoms with Crippen molar-refractivity contribution < 1.29 is 0 Å². The molecule has 0 amide bonds. The molecule has 0 fully saturated rings. The Kier molecular flexibility index (Phi) is 3.76. The second-order valence-electron chi connectivity index (χ2n) is 11.2. The van der Waals surface area contributed by atoms with Crippen molar-refractivity contribution >= 4 is 86.2 Å². The van der Waals surface area contributed by atoms with E-state index >= 15 is 0 Å². The normalized spacial score (nSPS) is 12.5. The summed E-state index contributed by atoms with van der Waals surface area (Å²) >= 11 is 0. The lowest BCUT2D eigenvalue weighted by molar-refractivity contribution is 1.73. The smallest absolute Gasteiger partial charge is 0.00141 e. The number of hydrogen-bond acceptors (Lipinski definition) is 0. The minimum Gasteiger partial charge on any atom is -0.0610 e. The Bertz CT molecular complexity index is 2630. The molecular weight excluding hydrogens is 480 g/mol. The fourth-order valence-electron chi connectivity index (χ4n) is 7.71. The van der Waals surface area contributed by atoms with Crippen molar-refractivity contribution in [2.45, 2.75) is 0 Å². The lowest BCUT2D eigenvalue weighted by atomic mass is 9.84. The zero-order chi connectivity index (χ0) is 25.9. The summed E-state index contributed by atoms with van der Waals surface area (Å²) in [6.07, 6.45) is 0. The second kappa shape index (κ2) is 7.25. The molecule has 40 heavy (non-hydrogen) atoms. The Morgan fingerprint density at radius 3 is 1.27 bits per heavy atom. The highest BCUT2D eigenvalue weighted by Crippen LogP contribution is 2.46. The van der Waals surface area contributed by atoms with E-state index in [0.29, 0.717) is 0 Å².